The van der Waals surface area contributed by atoms with Crippen LogP contribution in [0.2, 0.25) is 0 Å². The lowest BCUT2D eigenvalue weighted by molar-refractivity contribution is 0.315. The number of pyridine rings is 1. The largest absolute Gasteiger partial charge is 0.370 e. The zero-order chi connectivity index (χ0) is 11.5. The van der Waals surface area contributed by atoms with Crippen LogP contribution in [0.5, 0.6) is 0 Å². The van der Waals surface area contributed by atoms with Crippen LogP contribution in [0.25, 0.3) is 0 Å². The van der Waals surface area contributed by atoms with Crippen LogP contribution in [0.15, 0.2) is 18.5 Å². The van der Waals surface area contributed by atoms with Gasteiger partial charge in [-0.1, -0.05) is 0 Å². The van der Waals surface area contributed by atoms with E-state index in [1.54, 1.807) is 0 Å². The molecule has 1 saturated heterocycles. The molecule has 1 aromatic heterocycles. The average Bonchev–Trinajstić information content (AvgIpc) is 2.78. The Hall–Kier alpha value is -0.800. The summed E-state index contributed by atoms with van der Waals surface area (Å²) < 4.78 is 0. The monoisotopic (exact) mass is 239 g/mol. The summed E-state index contributed by atoms with van der Waals surface area (Å²) in [6.07, 6.45) is 4.93. The smallest absolute Gasteiger partial charge is 0.0509 e. The lowest BCUT2D eigenvalue weighted by Crippen LogP contribution is -2.31. The van der Waals surface area contributed by atoms with Crippen molar-refractivity contribution in [2.75, 3.05) is 32.1 Å². The van der Waals surface area contributed by atoms with E-state index in [4.69, 9.17) is 11.6 Å². The Labute approximate surface area is 102 Å². The molecule has 1 aliphatic heterocycles. The number of rotatable bonds is 3. The molecular formula is C12H18ClN3. The van der Waals surface area contributed by atoms with Crippen LogP contribution >= 0.6 is 11.6 Å². The van der Waals surface area contributed by atoms with E-state index >= 15 is 0 Å². The van der Waals surface area contributed by atoms with Gasteiger partial charge in [-0.15, -0.1) is 11.6 Å². The van der Waals surface area contributed by atoms with Crippen LogP contribution in [-0.4, -0.2) is 43.1 Å². The zero-order valence-electron chi connectivity index (χ0n) is 9.86. The molecule has 0 aromatic carbocycles. The summed E-state index contributed by atoms with van der Waals surface area (Å²) in [5, 5.41) is 0. The van der Waals surface area contributed by atoms with Crippen molar-refractivity contribution < 1.29 is 0 Å². The van der Waals surface area contributed by atoms with Gasteiger partial charge in [-0.3, -0.25) is 4.98 Å². The minimum atomic E-state index is 0.534. The van der Waals surface area contributed by atoms with Gasteiger partial charge in [-0.05, 0) is 26.6 Å². The maximum Gasteiger partial charge on any atom is 0.0509 e. The predicted molar refractivity (Wildman–Crippen MR) is 68.1 cm³/mol. The average molecular weight is 240 g/mol. The van der Waals surface area contributed by atoms with Gasteiger partial charge in [0.05, 0.1) is 5.88 Å². The summed E-state index contributed by atoms with van der Waals surface area (Å²) in [5.74, 6) is 0.534. The van der Waals surface area contributed by atoms with Crippen molar-refractivity contribution in [1.29, 1.82) is 0 Å². The lowest BCUT2D eigenvalue weighted by Gasteiger charge is -2.23. The van der Waals surface area contributed by atoms with Crippen molar-refractivity contribution in [3.63, 3.8) is 0 Å². The fourth-order valence-corrected chi connectivity index (χ4v) is 2.42. The Balaban J connectivity index is 2.14. The van der Waals surface area contributed by atoms with E-state index in [1.807, 2.05) is 12.4 Å². The minimum Gasteiger partial charge on any atom is -0.370 e. The first-order valence-electron chi connectivity index (χ1n) is 5.62. The van der Waals surface area contributed by atoms with Crippen LogP contribution in [0.3, 0.4) is 0 Å². The van der Waals surface area contributed by atoms with Crippen molar-refractivity contribution in [2.24, 2.45) is 0 Å². The maximum absolute atomic E-state index is 5.93. The van der Waals surface area contributed by atoms with E-state index in [0.29, 0.717) is 11.9 Å². The van der Waals surface area contributed by atoms with Gasteiger partial charge in [0.2, 0.25) is 0 Å². The van der Waals surface area contributed by atoms with Crippen LogP contribution < -0.4 is 4.90 Å². The normalized spacial score (nSPS) is 20.8. The van der Waals surface area contributed by atoms with E-state index < -0.39 is 0 Å². The molecule has 0 aliphatic carbocycles. The van der Waals surface area contributed by atoms with Gasteiger partial charge in [0, 0.05) is 42.8 Å². The molecule has 3 nitrogen and oxygen atoms in total. The van der Waals surface area contributed by atoms with Gasteiger partial charge in [-0.25, -0.2) is 0 Å². The third kappa shape index (κ3) is 2.30. The number of alkyl halides is 1. The second kappa shape index (κ2) is 5.02. The number of anilines is 1. The highest BCUT2D eigenvalue weighted by Gasteiger charge is 2.25. The quantitative estimate of drug-likeness (QED) is 0.752. The number of hydrogen-bond donors (Lipinski definition) is 0. The molecule has 1 fully saturated rings. The molecule has 0 radical (unpaired) electrons. The molecular weight excluding hydrogens is 222 g/mol. The van der Waals surface area contributed by atoms with Crippen LogP contribution in [-0.2, 0) is 5.88 Å². The fourth-order valence-electron chi connectivity index (χ4n) is 2.21. The molecule has 2 heterocycles. The number of likely N-dealkylation sites (N-methyl/N-ethyl adjacent to an activating group) is 1. The van der Waals surface area contributed by atoms with Crippen molar-refractivity contribution >= 4 is 17.3 Å². The van der Waals surface area contributed by atoms with Gasteiger partial charge in [0.25, 0.3) is 0 Å². The molecule has 0 amide bonds. The van der Waals surface area contributed by atoms with Crippen molar-refractivity contribution in [3.8, 4) is 0 Å². The van der Waals surface area contributed by atoms with Gasteiger partial charge >= 0.3 is 0 Å². The molecule has 1 unspecified atom stereocenters. The standard InChI is InChI=1S/C12H18ClN3/c1-15(2)11-4-6-16(9-11)12-3-5-14-8-10(12)7-13/h3,5,8,11H,4,6-7,9H2,1-2H3. The Bertz CT molecular complexity index is 354. The zero-order valence-corrected chi connectivity index (χ0v) is 10.6. The molecule has 1 aliphatic rings. The topological polar surface area (TPSA) is 19.4 Å². The Morgan fingerprint density at radius 2 is 2.38 bits per heavy atom. The van der Waals surface area contributed by atoms with E-state index in [1.165, 1.54) is 12.1 Å². The number of hydrogen-bond acceptors (Lipinski definition) is 3. The molecule has 2 rings (SSSR count). The summed E-state index contributed by atoms with van der Waals surface area (Å²) in [6.45, 7) is 2.19. The van der Waals surface area contributed by atoms with Crippen LogP contribution in [0, 0.1) is 0 Å². The first kappa shape index (κ1) is 11.7. The molecule has 88 valence electrons. The Morgan fingerprint density at radius 1 is 1.56 bits per heavy atom. The van der Waals surface area contributed by atoms with Gasteiger partial charge in [0.1, 0.15) is 0 Å². The Morgan fingerprint density at radius 3 is 3.00 bits per heavy atom. The van der Waals surface area contributed by atoms with Gasteiger partial charge < -0.3 is 9.80 Å². The SMILES string of the molecule is CN(C)C1CCN(c2ccncc2CCl)C1. The predicted octanol–water partition coefficient (Wildman–Crippen LogP) is 1.96. The van der Waals surface area contributed by atoms with E-state index in [-0.39, 0.29) is 0 Å². The van der Waals surface area contributed by atoms with E-state index in [2.05, 4.69) is 34.9 Å². The lowest BCUT2D eigenvalue weighted by atomic mass is 10.2. The molecule has 1 atom stereocenters. The summed E-state index contributed by atoms with van der Waals surface area (Å²) in [7, 11) is 4.28. The summed E-state index contributed by atoms with van der Waals surface area (Å²) in [4.78, 5) is 8.82. The van der Waals surface area contributed by atoms with Crippen molar-refractivity contribution in [2.45, 2.75) is 18.3 Å². The second-order valence-electron chi connectivity index (χ2n) is 4.49. The third-order valence-corrected chi connectivity index (χ3v) is 3.54. The Kier molecular flexibility index (Phi) is 3.66. The van der Waals surface area contributed by atoms with Crippen LogP contribution in [0.1, 0.15) is 12.0 Å². The summed E-state index contributed by atoms with van der Waals surface area (Å²) >= 11 is 5.93. The molecule has 0 spiro atoms. The highest BCUT2D eigenvalue weighted by atomic mass is 35.5. The highest BCUT2D eigenvalue weighted by Crippen LogP contribution is 2.26. The van der Waals surface area contributed by atoms with Crippen molar-refractivity contribution in [3.05, 3.63) is 24.0 Å². The second-order valence-corrected chi connectivity index (χ2v) is 4.76. The fraction of sp³-hybridized carbons (Fsp3) is 0.583. The third-order valence-electron chi connectivity index (χ3n) is 3.26. The number of aromatic nitrogens is 1. The van der Waals surface area contributed by atoms with Crippen molar-refractivity contribution in [1.82, 2.24) is 9.88 Å². The molecule has 0 saturated carbocycles. The number of halogens is 1. The van der Waals surface area contributed by atoms with E-state index in [9.17, 15) is 0 Å². The first-order valence-corrected chi connectivity index (χ1v) is 6.16. The first-order chi connectivity index (χ1) is 7.72. The molecule has 0 bridgehead atoms. The highest BCUT2D eigenvalue weighted by molar-refractivity contribution is 6.17. The molecule has 16 heavy (non-hydrogen) atoms. The molecule has 0 N–H and O–H groups in total. The molecule has 4 heteroatoms. The maximum atomic E-state index is 5.93. The summed E-state index contributed by atoms with van der Waals surface area (Å²) in [6, 6.07) is 2.71. The molecule has 1 aromatic rings. The van der Waals surface area contributed by atoms with Crippen LogP contribution in [0.4, 0.5) is 5.69 Å². The summed E-state index contributed by atoms with van der Waals surface area (Å²) in [5.41, 5.74) is 2.37. The minimum absolute atomic E-state index is 0.534. The number of nitrogens with zero attached hydrogens (tertiary/aromatic N) is 3. The van der Waals surface area contributed by atoms with E-state index in [0.717, 1.165) is 18.7 Å². The van der Waals surface area contributed by atoms with Gasteiger partial charge in [0.15, 0.2) is 0 Å². The van der Waals surface area contributed by atoms with Gasteiger partial charge in [-0.2, -0.15) is 0 Å².